The molecule has 3 aromatic heterocycles. The standard InChI is InChI=1S/C35H20N2S2/c1-2-8-21(9-3-1)23-15-16-27-26(20-23)32-24-11-5-4-10-22(24)14-17-28(32)37(27)35-36-34-31(39-35)19-18-30-33(34)25-12-6-7-13-29(25)38-30/h1-20H. The van der Waals surface area contributed by atoms with Crippen LogP contribution in [0.25, 0.3) is 79.2 Å². The van der Waals surface area contributed by atoms with Crippen LogP contribution in [0.1, 0.15) is 0 Å². The highest BCUT2D eigenvalue weighted by molar-refractivity contribution is 7.26. The number of aromatic nitrogens is 2. The van der Waals surface area contributed by atoms with Crippen molar-refractivity contribution in [2.24, 2.45) is 0 Å². The second-order valence-electron chi connectivity index (χ2n) is 9.99. The molecule has 0 radical (unpaired) electrons. The molecule has 2 nitrogen and oxygen atoms in total. The van der Waals surface area contributed by atoms with Crippen LogP contribution in [0.5, 0.6) is 0 Å². The normalized spacial score (nSPS) is 12.1. The zero-order valence-electron chi connectivity index (χ0n) is 20.8. The summed E-state index contributed by atoms with van der Waals surface area (Å²) in [5.41, 5.74) is 5.94. The molecule has 0 atom stereocenters. The molecule has 0 N–H and O–H groups in total. The Kier molecular flexibility index (Phi) is 4.39. The van der Waals surface area contributed by atoms with Crippen LogP contribution >= 0.6 is 22.7 Å². The van der Waals surface area contributed by atoms with Crippen molar-refractivity contribution in [2.75, 3.05) is 0 Å². The molecule has 9 rings (SSSR count). The molecule has 0 saturated carbocycles. The fourth-order valence-corrected chi connectivity index (χ4v) is 8.20. The lowest BCUT2D eigenvalue weighted by Gasteiger charge is -2.05. The fourth-order valence-electron chi connectivity index (χ4n) is 6.09. The van der Waals surface area contributed by atoms with Gasteiger partial charge in [-0.15, -0.1) is 11.3 Å². The summed E-state index contributed by atoms with van der Waals surface area (Å²) in [7, 11) is 0. The van der Waals surface area contributed by atoms with E-state index < -0.39 is 0 Å². The minimum Gasteiger partial charge on any atom is -0.285 e. The van der Waals surface area contributed by atoms with E-state index in [2.05, 4.69) is 126 Å². The lowest BCUT2D eigenvalue weighted by molar-refractivity contribution is 1.15. The number of fused-ring (bicyclic) bond motifs is 10. The third kappa shape index (κ3) is 3.04. The molecule has 0 aliphatic rings. The minimum atomic E-state index is 1.01. The molecule has 6 aromatic carbocycles. The molecule has 9 aromatic rings. The maximum absolute atomic E-state index is 5.35. The number of rotatable bonds is 2. The van der Waals surface area contributed by atoms with Gasteiger partial charge in [0.15, 0.2) is 5.13 Å². The summed E-state index contributed by atoms with van der Waals surface area (Å²) in [4.78, 5) is 5.35. The Balaban J connectivity index is 1.40. The van der Waals surface area contributed by atoms with E-state index in [-0.39, 0.29) is 0 Å². The van der Waals surface area contributed by atoms with Crippen molar-refractivity contribution in [3.8, 4) is 16.3 Å². The first-order chi connectivity index (χ1) is 19.3. The smallest absolute Gasteiger partial charge is 0.195 e. The lowest BCUT2D eigenvalue weighted by atomic mass is 10.0. The van der Waals surface area contributed by atoms with Crippen molar-refractivity contribution in [2.45, 2.75) is 0 Å². The number of benzene rings is 6. The number of thiophene rings is 1. The molecule has 3 heterocycles. The summed E-state index contributed by atoms with van der Waals surface area (Å²) in [5, 5.41) is 8.64. The van der Waals surface area contributed by atoms with Gasteiger partial charge in [-0.3, -0.25) is 4.57 Å². The molecule has 0 aliphatic heterocycles. The summed E-state index contributed by atoms with van der Waals surface area (Å²) in [6.07, 6.45) is 0. The minimum absolute atomic E-state index is 1.01. The maximum atomic E-state index is 5.35. The molecule has 182 valence electrons. The lowest BCUT2D eigenvalue weighted by Crippen LogP contribution is -1.92. The number of thiazole rings is 1. The van der Waals surface area contributed by atoms with E-state index in [9.17, 15) is 0 Å². The van der Waals surface area contributed by atoms with Crippen LogP contribution in [0, 0.1) is 0 Å². The molecular formula is C35H20N2S2. The molecule has 0 fully saturated rings. The van der Waals surface area contributed by atoms with E-state index in [1.807, 2.05) is 11.3 Å². The molecule has 39 heavy (non-hydrogen) atoms. The third-order valence-corrected chi connectivity index (χ3v) is 9.98. The van der Waals surface area contributed by atoms with Crippen LogP contribution < -0.4 is 0 Å². The van der Waals surface area contributed by atoms with Gasteiger partial charge < -0.3 is 0 Å². The molecule has 0 aliphatic carbocycles. The Morgan fingerprint density at radius 3 is 2.18 bits per heavy atom. The van der Waals surface area contributed by atoms with Crippen molar-refractivity contribution in [3.05, 3.63) is 121 Å². The topological polar surface area (TPSA) is 17.8 Å². The van der Waals surface area contributed by atoms with Crippen molar-refractivity contribution >= 4 is 85.6 Å². The Labute approximate surface area is 232 Å². The Bertz CT molecular complexity index is 2390. The Hall–Kier alpha value is -4.51. The van der Waals surface area contributed by atoms with Crippen LogP contribution in [-0.4, -0.2) is 9.55 Å². The van der Waals surface area contributed by atoms with Crippen LogP contribution in [0.4, 0.5) is 0 Å². The highest BCUT2D eigenvalue weighted by atomic mass is 32.1. The predicted octanol–water partition coefficient (Wildman–Crippen LogP) is 10.6. The van der Waals surface area contributed by atoms with Crippen LogP contribution in [-0.2, 0) is 0 Å². The average molecular weight is 533 g/mol. The monoisotopic (exact) mass is 532 g/mol. The molecule has 0 spiro atoms. The van der Waals surface area contributed by atoms with Gasteiger partial charge >= 0.3 is 0 Å². The van der Waals surface area contributed by atoms with Gasteiger partial charge in [0, 0.05) is 30.9 Å². The summed E-state index contributed by atoms with van der Waals surface area (Å²) in [6, 6.07) is 43.9. The first-order valence-corrected chi connectivity index (χ1v) is 14.7. The summed E-state index contributed by atoms with van der Waals surface area (Å²) in [5.74, 6) is 0. The molecule has 4 heteroatoms. The van der Waals surface area contributed by atoms with Gasteiger partial charge in [0.05, 0.1) is 21.3 Å². The Morgan fingerprint density at radius 2 is 1.26 bits per heavy atom. The summed E-state index contributed by atoms with van der Waals surface area (Å²) in [6.45, 7) is 0. The van der Waals surface area contributed by atoms with Crippen molar-refractivity contribution < 1.29 is 0 Å². The van der Waals surface area contributed by atoms with Crippen molar-refractivity contribution in [1.29, 1.82) is 0 Å². The van der Waals surface area contributed by atoms with Gasteiger partial charge in [0.1, 0.15) is 0 Å². The van der Waals surface area contributed by atoms with Crippen LogP contribution in [0.2, 0.25) is 0 Å². The Morgan fingerprint density at radius 1 is 0.487 bits per heavy atom. The van der Waals surface area contributed by atoms with Crippen LogP contribution in [0.15, 0.2) is 121 Å². The third-order valence-electron chi connectivity index (χ3n) is 7.84. The zero-order chi connectivity index (χ0) is 25.5. The second kappa shape index (κ2) is 8.00. The van der Waals surface area contributed by atoms with E-state index >= 15 is 0 Å². The molecule has 0 saturated heterocycles. The highest BCUT2D eigenvalue weighted by Crippen LogP contribution is 2.43. The van der Waals surface area contributed by atoms with Crippen molar-refractivity contribution in [3.63, 3.8) is 0 Å². The van der Waals surface area contributed by atoms with Crippen LogP contribution in [0.3, 0.4) is 0 Å². The van der Waals surface area contributed by atoms with E-state index in [1.54, 1.807) is 11.3 Å². The number of hydrogen-bond acceptors (Lipinski definition) is 3. The first kappa shape index (κ1) is 21.4. The quantitative estimate of drug-likeness (QED) is 0.216. The second-order valence-corrected chi connectivity index (χ2v) is 12.1. The largest absolute Gasteiger partial charge is 0.285 e. The predicted molar refractivity (Wildman–Crippen MR) is 170 cm³/mol. The number of nitrogens with zero attached hydrogens (tertiary/aromatic N) is 2. The SMILES string of the molecule is c1ccc(-c2ccc3c(c2)c2c4ccccc4ccc2n3-c2nc3c(ccc4sc5ccccc5c43)s2)cc1. The number of hydrogen-bond donors (Lipinski definition) is 0. The van der Waals surface area contributed by atoms with E-state index in [0.717, 1.165) is 10.6 Å². The molecule has 0 bridgehead atoms. The summed E-state index contributed by atoms with van der Waals surface area (Å²) >= 11 is 3.62. The van der Waals surface area contributed by atoms with E-state index in [1.165, 1.54) is 68.6 Å². The average Bonchev–Trinajstić information content (AvgIpc) is 3.68. The van der Waals surface area contributed by atoms with Gasteiger partial charge in [0.2, 0.25) is 0 Å². The first-order valence-electron chi connectivity index (χ1n) is 13.1. The molecule has 0 amide bonds. The van der Waals surface area contributed by atoms with Crippen molar-refractivity contribution in [1.82, 2.24) is 9.55 Å². The van der Waals surface area contributed by atoms with Gasteiger partial charge in [-0.05, 0) is 58.3 Å². The summed E-state index contributed by atoms with van der Waals surface area (Å²) < 4.78 is 6.20. The zero-order valence-corrected chi connectivity index (χ0v) is 22.4. The van der Waals surface area contributed by atoms with Gasteiger partial charge in [-0.25, -0.2) is 4.98 Å². The van der Waals surface area contributed by atoms with Gasteiger partial charge in [-0.2, -0.15) is 0 Å². The molecule has 0 unspecified atom stereocenters. The highest BCUT2D eigenvalue weighted by Gasteiger charge is 2.19. The maximum Gasteiger partial charge on any atom is 0.195 e. The van der Waals surface area contributed by atoms with E-state index in [4.69, 9.17) is 4.98 Å². The van der Waals surface area contributed by atoms with Gasteiger partial charge in [0.25, 0.3) is 0 Å². The van der Waals surface area contributed by atoms with Gasteiger partial charge in [-0.1, -0.05) is 96.3 Å². The molecular weight excluding hydrogens is 513 g/mol. The fraction of sp³-hybridized carbons (Fsp3) is 0. The van der Waals surface area contributed by atoms with E-state index in [0.29, 0.717) is 0 Å².